The summed E-state index contributed by atoms with van der Waals surface area (Å²) in [6, 6.07) is 0. The number of aliphatic hydroxyl groups is 1. The highest BCUT2D eigenvalue weighted by molar-refractivity contribution is 5.93. The van der Waals surface area contributed by atoms with Crippen molar-refractivity contribution in [2.75, 3.05) is 6.61 Å². The maximum atomic E-state index is 9.08. The van der Waals surface area contributed by atoms with Gasteiger partial charge in [-0.2, -0.15) is 4.99 Å². The number of rotatable bonds is 2. The monoisotopic (exact) mass is 249 g/mol. The molecule has 7 nitrogen and oxygen atoms in total. The molecule has 96 valence electrons. The maximum Gasteiger partial charge on any atom is 0.199 e. The maximum absolute atomic E-state index is 9.08. The van der Waals surface area contributed by atoms with E-state index < -0.39 is 0 Å². The lowest BCUT2D eigenvalue weighted by atomic mass is 10.2. The van der Waals surface area contributed by atoms with Crippen LogP contribution in [0.15, 0.2) is 17.9 Å². The minimum Gasteiger partial charge on any atom is -0.394 e. The number of nitrogens with one attached hydrogen (secondary N) is 1. The van der Waals surface area contributed by atoms with Crippen LogP contribution in [0, 0.1) is 0 Å². The molecule has 3 rings (SSSR count). The molecule has 0 spiro atoms. The third kappa shape index (κ3) is 1.68. The lowest BCUT2D eigenvalue weighted by molar-refractivity contribution is -0.0216. The van der Waals surface area contributed by atoms with Gasteiger partial charge in [-0.3, -0.25) is 4.57 Å². The number of guanidine groups is 1. The summed E-state index contributed by atoms with van der Waals surface area (Å²) >= 11 is 0. The van der Waals surface area contributed by atoms with Gasteiger partial charge in [0.05, 0.1) is 24.7 Å². The molecule has 0 bridgehead atoms. The van der Waals surface area contributed by atoms with Crippen molar-refractivity contribution in [3.05, 3.63) is 18.6 Å². The van der Waals surface area contributed by atoms with Crippen LogP contribution >= 0.6 is 0 Å². The van der Waals surface area contributed by atoms with Crippen molar-refractivity contribution in [1.82, 2.24) is 14.9 Å². The summed E-state index contributed by atoms with van der Waals surface area (Å²) in [5.41, 5.74) is 6.99. The molecule has 1 fully saturated rings. The normalized spacial score (nSPS) is 26.7. The number of imidazole rings is 1. The zero-order valence-corrected chi connectivity index (χ0v) is 9.83. The summed E-state index contributed by atoms with van der Waals surface area (Å²) in [4.78, 5) is 8.50. The molecule has 0 aromatic carbocycles. The van der Waals surface area contributed by atoms with Crippen molar-refractivity contribution in [2.24, 2.45) is 10.7 Å². The van der Waals surface area contributed by atoms with Gasteiger partial charge in [-0.25, -0.2) is 4.98 Å². The number of aliphatic hydroxyl groups excluding tert-OH is 1. The van der Waals surface area contributed by atoms with E-state index in [1.165, 1.54) is 0 Å². The van der Waals surface area contributed by atoms with Crippen LogP contribution < -0.4 is 11.1 Å². The van der Waals surface area contributed by atoms with Crippen LogP contribution in [0.25, 0.3) is 5.70 Å². The topological polar surface area (TPSA) is 97.7 Å². The smallest absolute Gasteiger partial charge is 0.199 e. The van der Waals surface area contributed by atoms with Crippen LogP contribution in [-0.2, 0) is 4.74 Å². The fourth-order valence-electron chi connectivity index (χ4n) is 2.27. The molecule has 0 saturated carbocycles. The summed E-state index contributed by atoms with van der Waals surface area (Å²) in [6.07, 6.45) is 3.06. The highest BCUT2D eigenvalue weighted by Gasteiger charge is 2.30. The van der Waals surface area contributed by atoms with Crippen LogP contribution in [0.3, 0.4) is 0 Å². The molecule has 1 saturated heterocycles. The van der Waals surface area contributed by atoms with Gasteiger partial charge in [0.1, 0.15) is 11.9 Å². The van der Waals surface area contributed by atoms with E-state index in [-0.39, 0.29) is 18.9 Å². The Hall–Kier alpha value is -1.86. The summed E-state index contributed by atoms with van der Waals surface area (Å²) in [5, 5.41) is 11.9. The van der Waals surface area contributed by atoms with Gasteiger partial charge in [-0.05, 0) is 12.8 Å². The first-order valence-corrected chi connectivity index (χ1v) is 5.82. The molecular formula is C11H15N5O2. The van der Waals surface area contributed by atoms with Crippen molar-refractivity contribution < 1.29 is 9.84 Å². The summed E-state index contributed by atoms with van der Waals surface area (Å²) in [6.45, 7) is 3.88. The molecule has 2 aliphatic heterocycles. The van der Waals surface area contributed by atoms with E-state index in [1.807, 2.05) is 4.57 Å². The van der Waals surface area contributed by atoms with Gasteiger partial charge in [-0.1, -0.05) is 6.58 Å². The molecule has 0 unspecified atom stereocenters. The van der Waals surface area contributed by atoms with Crippen molar-refractivity contribution in [3.8, 4) is 0 Å². The summed E-state index contributed by atoms with van der Waals surface area (Å²) in [5.74, 6) is 0.950. The summed E-state index contributed by atoms with van der Waals surface area (Å²) < 4.78 is 7.54. The Morgan fingerprint density at radius 3 is 3.17 bits per heavy atom. The van der Waals surface area contributed by atoms with Crippen LogP contribution in [0.1, 0.15) is 24.8 Å². The first-order chi connectivity index (χ1) is 8.69. The SMILES string of the molecule is C=C1NC(N)=Nc2c1ncn2[C@H]1CC[C@@H](CO)O1. The standard InChI is InChI=1S/C11H15N5O2/c1-6-9-10(15-11(12)14-6)16(5-13-9)8-3-2-7(4-17)18-8/h5,7-8,17H,1-4H2,(H3,12,14,15)/t7-,8+/m0/s1. The molecule has 0 radical (unpaired) electrons. The Balaban J connectivity index is 1.94. The summed E-state index contributed by atoms with van der Waals surface area (Å²) in [7, 11) is 0. The zero-order chi connectivity index (χ0) is 12.7. The quantitative estimate of drug-likeness (QED) is 0.689. The first-order valence-electron chi connectivity index (χ1n) is 5.82. The molecule has 3 heterocycles. The Bertz CT molecular complexity index is 522. The van der Waals surface area contributed by atoms with E-state index in [2.05, 4.69) is 21.9 Å². The number of nitrogens with two attached hydrogens (primary N) is 1. The Morgan fingerprint density at radius 1 is 1.61 bits per heavy atom. The molecule has 0 aliphatic carbocycles. The second-order valence-corrected chi connectivity index (χ2v) is 4.40. The van der Waals surface area contributed by atoms with Gasteiger partial charge in [0.25, 0.3) is 0 Å². The molecule has 1 aromatic heterocycles. The molecule has 4 N–H and O–H groups in total. The minimum absolute atomic E-state index is 0.0348. The number of nitrogens with zero attached hydrogens (tertiary/aromatic N) is 3. The van der Waals surface area contributed by atoms with E-state index in [4.69, 9.17) is 15.6 Å². The number of ether oxygens (including phenoxy) is 1. The first kappa shape index (κ1) is 11.2. The molecule has 0 amide bonds. The highest BCUT2D eigenvalue weighted by Crippen LogP contribution is 2.35. The number of aliphatic imine (C=N–C) groups is 1. The lowest BCUT2D eigenvalue weighted by Crippen LogP contribution is -2.32. The van der Waals surface area contributed by atoms with Crippen molar-refractivity contribution in [2.45, 2.75) is 25.2 Å². The third-order valence-corrected chi connectivity index (χ3v) is 3.16. The second-order valence-electron chi connectivity index (χ2n) is 4.40. The van der Waals surface area contributed by atoms with Crippen molar-refractivity contribution >= 4 is 17.5 Å². The fraction of sp³-hybridized carbons (Fsp3) is 0.455. The lowest BCUT2D eigenvalue weighted by Gasteiger charge is -2.18. The molecule has 1 aromatic rings. The largest absolute Gasteiger partial charge is 0.394 e. The van der Waals surface area contributed by atoms with Crippen LogP contribution in [-0.4, -0.2) is 33.3 Å². The number of fused-ring (bicyclic) bond motifs is 1. The molecule has 18 heavy (non-hydrogen) atoms. The van der Waals surface area contributed by atoms with Gasteiger partial charge >= 0.3 is 0 Å². The average molecular weight is 249 g/mol. The van der Waals surface area contributed by atoms with E-state index in [0.29, 0.717) is 23.2 Å². The Morgan fingerprint density at radius 2 is 2.44 bits per heavy atom. The van der Waals surface area contributed by atoms with Crippen LogP contribution in [0.4, 0.5) is 5.82 Å². The predicted molar refractivity (Wildman–Crippen MR) is 65.9 cm³/mol. The van der Waals surface area contributed by atoms with E-state index in [9.17, 15) is 0 Å². The molecule has 2 aliphatic rings. The highest BCUT2D eigenvalue weighted by atomic mass is 16.5. The zero-order valence-electron chi connectivity index (χ0n) is 9.83. The van der Waals surface area contributed by atoms with Crippen molar-refractivity contribution in [3.63, 3.8) is 0 Å². The molecule has 7 heteroatoms. The van der Waals surface area contributed by atoms with Gasteiger partial charge in [0.2, 0.25) is 0 Å². The van der Waals surface area contributed by atoms with E-state index in [1.54, 1.807) is 6.33 Å². The Kier molecular flexibility index (Phi) is 2.57. The minimum atomic E-state index is -0.152. The number of hydrogen-bond acceptors (Lipinski definition) is 6. The van der Waals surface area contributed by atoms with Crippen molar-refractivity contribution in [1.29, 1.82) is 0 Å². The fourth-order valence-corrected chi connectivity index (χ4v) is 2.27. The predicted octanol–water partition coefficient (Wildman–Crippen LogP) is 0.0731. The van der Waals surface area contributed by atoms with Crippen LogP contribution in [0.2, 0.25) is 0 Å². The number of hydrogen-bond donors (Lipinski definition) is 3. The average Bonchev–Trinajstić information content (AvgIpc) is 2.93. The Labute approximate surface area is 104 Å². The van der Waals surface area contributed by atoms with Gasteiger partial charge < -0.3 is 20.9 Å². The molecule has 2 atom stereocenters. The number of aromatic nitrogens is 2. The van der Waals surface area contributed by atoms with Crippen LogP contribution in [0.5, 0.6) is 0 Å². The van der Waals surface area contributed by atoms with Gasteiger partial charge in [0.15, 0.2) is 11.8 Å². The second kappa shape index (κ2) is 4.11. The van der Waals surface area contributed by atoms with Gasteiger partial charge in [0, 0.05) is 0 Å². The van der Waals surface area contributed by atoms with Gasteiger partial charge in [-0.15, -0.1) is 0 Å². The molecular weight excluding hydrogens is 234 g/mol. The third-order valence-electron chi connectivity index (χ3n) is 3.16. The van der Waals surface area contributed by atoms with E-state index in [0.717, 1.165) is 12.8 Å². The van der Waals surface area contributed by atoms with E-state index >= 15 is 0 Å².